The van der Waals surface area contributed by atoms with Crippen LogP contribution in [0.1, 0.15) is 15.9 Å². The number of hydrogen-bond donors (Lipinski definition) is 1. The number of nitrogens with one attached hydrogen (secondary N) is 1. The van der Waals surface area contributed by atoms with Crippen molar-refractivity contribution in [2.75, 3.05) is 5.32 Å². The van der Waals surface area contributed by atoms with Gasteiger partial charge >= 0.3 is 0 Å². The molecule has 2 rings (SSSR count). The Bertz CT molecular complexity index is 581. The highest BCUT2D eigenvalue weighted by atomic mass is 79.9. The van der Waals surface area contributed by atoms with Crippen LogP contribution in [0.5, 0.6) is 0 Å². The van der Waals surface area contributed by atoms with E-state index in [9.17, 15) is 4.79 Å². The maximum Gasteiger partial charge on any atom is 0.255 e. The van der Waals surface area contributed by atoms with Gasteiger partial charge in [0.15, 0.2) is 0 Å². The highest BCUT2D eigenvalue weighted by Gasteiger charge is 2.07. The molecule has 0 aliphatic heterocycles. The SMILES string of the molecule is Cc1cc(C(=O)Nc2ccc(Cl)cc2)ccc1Br. The van der Waals surface area contributed by atoms with Gasteiger partial charge in [0.05, 0.1) is 0 Å². The number of carbonyl (C=O) groups excluding carboxylic acids is 1. The zero-order valence-corrected chi connectivity index (χ0v) is 12.0. The Kier molecular flexibility index (Phi) is 4.04. The van der Waals surface area contributed by atoms with E-state index in [4.69, 9.17) is 11.6 Å². The fourth-order valence-corrected chi connectivity index (χ4v) is 1.90. The zero-order valence-electron chi connectivity index (χ0n) is 9.71. The molecule has 0 bridgehead atoms. The first kappa shape index (κ1) is 13.1. The van der Waals surface area contributed by atoms with Crippen LogP contribution in [0.3, 0.4) is 0 Å². The smallest absolute Gasteiger partial charge is 0.255 e. The van der Waals surface area contributed by atoms with Crippen LogP contribution in [-0.2, 0) is 0 Å². The Morgan fingerprint density at radius 1 is 1.17 bits per heavy atom. The number of carbonyl (C=O) groups is 1. The third-order valence-corrected chi connectivity index (χ3v) is 3.66. The van der Waals surface area contributed by atoms with Crippen LogP contribution in [0.25, 0.3) is 0 Å². The Labute approximate surface area is 119 Å². The van der Waals surface area contributed by atoms with Crippen LogP contribution in [0, 0.1) is 6.92 Å². The summed E-state index contributed by atoms with van der Waals surface area (Å²) in [5.74, 6) is -0.132. The van der Waals surface area contributed by atoms with Crippen LogP contribution in [0.2, 0.25) is 5.02 Å². The molecule has 0 atom stereocenters. The topological polar surface area (TPSA) is 29.1 Å². The summed E-state index contributed by atoms with van der Waals surface area (Å²) < 4.78 is 0.991. The second-order valence-corrected chi connectivity index (χ2v) is 5.22. The van der Waals surface area contributed by atoms with E-state index >= 15 is 0 Å². The van der Waals surface area contributed by atoms with E-state index in [-0.39, 0.29) is 5.91 Å². The Morgan fingerprint density at radius 3 is 2.44 bits per heavy atom. The summed E-state index contributed by atoms with van der Waals surface area (Å²) in [6.45, 7) is 1.95. The first-order valence-corrected chi connectivity index (χ1v) is 6.56. The minimum atomic E-state index is -0.132. The van der Waals surface area contributed by atoms with Crippen molar-refractivity contribution in [1.82, 2.24) is 0 Å². The lowest BCUT2D eigenvalue weighted by Crippen LogP contribution is -2.11. The minimum Gasteiger partial charge on any atom is -0.322 e. The molecule has 2 aromatic rings. The average Bonchev–Trinajstić information content (AvgIpc) is 2.35. The average molecular weight is 325 g/mol. The van der Waals surface area contributed by atoms with Crippen molar-refractivity contribution in [3.8, 4) is 0 Å². The van der Waals surface area contributed by atoms with E-state index < -0.39 is 0 Å². The van der Waals surface area contributed by atoms with Gasteiger partial charge in [-0.1, -0.05) is 27.5 Å². The van der Waals surface area contributed by atoms with Crippen molar-refractivity contribution in [2.24, 2.45) is 0 Å². The number of rotatable bonds is 2. The summed E-state index contributed by atoms with van der Waals surface area (Å²) in [6, 6.07) is 12.5. The molecule has 0 radical (unpaired) electrons. The molecule has 1 N–H and O–H groups in total. The number of amides is 1. The summed E-state index contributed by atoms with van der Waals surface area (Å²) in [5.41, 5.74) is 2.38. The van der Waals surface area contributed by atoms with Gasteiger partial charge < -0.3 is 5.32 Å². The van der Waals surface area contributed by atoms with Crippen molar-refractivity contribution in [3.05, 3.63) is 63.1 Å². The third kappa shape index (κ3) is 3.12. The van der Waals surface area contributed by atoms with Gasteiger partial charge in [0.25, 0.3) is 5.91 Å². The molecule has 0 aliphatic rings. The molecule has 1 amide bonds. The molecule has 18 heavy (non-hydrogen) atoms. The lowest BCUT2D eigenvalue weighted by atomic mass is 10.1. The molecular weight excluding hydrogens is 314 g/mol. The first-order valence-electron chi connectivity index (χ1n) is 5.39. The highest BCUT2D eigenvalue weighted by molar-refractivity contribution is 9.10. The second kappa shape index (κ2) is 5.55. The Hall–Kier alpha value is -1.32. The predicted molar refractivity (Wildman–Crippen MR) is 78.3 cm³/mol. The van der Waals surface area contributed by atoms with E-state index in [2.05, 4.69) is 21.2 Å². The van der Waals surface area contributed by atoms with Gasteiger partial charge in [-0.3, -0.25) is 4.79 Å². The normalized spacial score (nSPS) is 10.2. The van der Waals surface area contributed by atoms with Crippen molar-refractivity contribution in [1.29, 1.82) is 0 Å². The van der Waals surface area contributed by atoms with E-state index in [0.29, 0.717) is 10.6 Å². The predicted octanol–water partition coefficient (Wildman–Crippen LogP) is 4.66. The zero-order chi connectivity index (χ0) is 13.1. The molecular formula is C14H11BrClNO. The number of aryl methyl sites for hydroxylation is 1. The number of halogens is 2. The van der Waals surface area contributed by atoms with Crippen LogP contribution < -0.4 is 5.32 Å². The molecule has 0 unspecified atom stereocenters. The maximum absolute atomic E-state index is 12.0. The summed E-state index contributed by atoms with van der Waals surface area (Å²) in [4.78, 5) is 12.0. The van der Waals surface area contributed by atoms with Crippen LogP contribution >= 0.6 is 27.5 Å². The van der Waals surface area contributed by atoms with Gasteiger partial charge in [-0.25, -0.2) is 0 Å². The maximum atomic E-state index is 12.0. The van der Waals surface area contributed by atoms with Gasteiger partial charge in [-0.2, -0.15) is 0 Å². The molecule has 0 spiro atoms. The van der Waals surface area contributed by atoms with Crippen molar-refractivity contribution in [2.45, 2.75) is 6.92 Å². The van der Waals surface area contributed by atoms with Crippen molar-refractivity contribution in [3.63, 3.8) is 0 Å². The summed E-state index contributed by atoms with van der Waals surface area (Å²) in [5, 5.41) is 3.47. The van der Waals surface area contributed by atoms with E-state index in [0.717, 1.165) is 15.7 Å². The molecule has 0 saturated carbocycles. The summed E-state index contributed by atoms with van der Waals surface area (Å²) >= 11 is 9.19. The van der Waals surface area contributed by atoms with Crippen LogP contribution in [0.15, 0.2) is 46.9 Å². The van der Waals surface area contributed by atoms with Gasteiger partial charge in [0.2, 0.25) is 0 Å². The first-order chi connectivity index (χ1) is 8.56. The highest BCUT2D eigenvalue weighted by Crippen LogP contribution is 2.19. The molecule has 2 nitrogen and oxygen atoms in total. The molecule has 0 fully saturated rings. The second-order valence-electron chi connectivity index (χ2n) is 3.92. The molecule has 0 heterocycles. The van der Waals surface area contributed by atoms with E-state index in [1.807, 2.05) is 19.1 Å². The van der Waals surface area contributed by atoms with Crippen LogP contribution in [0.4, 0.5) is 5.69 Å². The van der Waals surface area contributed by atoms with Gasteiger partial charge in [-0.15, -0.1) is 0 Å². The molecule has 0 saturated heterocycles. The molecule has 4 heteroatoms. The standard InChI is InChI=1S/C14H11BrClNO/c1-9-8-10(2-7-13(9)15)14(18)17-12-5-3-11(16)4-6-12/h2-8H,1H3,(H,17,18). The fraction of sp³-hybridized carbons (Fsp3) is 0.0714. The Balaban J connectivity index is 2.16. The van der Waals surface area contributed by atoms with Crippen molar-refractivity contribution >= 4 is 39.1 Å². The van der Waals surface area contributed by atoms with E-state index in [1.165, 1.54) is 0 Å². The molecule has 92 valence electrons. The molecule has 0 aliphatic carbocycles. The number of benzene rings is 2. The third-order valence-electron chi connectivity index (χ3n) is 2.52. The van der Waals surface area contributed by atoms with Gasteiger partial charge in [0, 0.05) is 20.7 Å². The molecule has 0 aromatic heterocycles. The summed E-state index contributed by atoms with van der Waals surface area (Å²) in [6.07, 6.45) is 0. The number of anilines is 1. The van der Waals surface area contributed by atoms with Crippen molar-refractivity contribution < 1.29 is 4.79 Å². The quantitative estimate of drug-likeness (QED) is 0.855. The van der Waals surface area contributed by atoms with Gasteiger partial charge in [-0.05, 0) is 55.0 Å². The molecule has 2 aromatic carbocycles. The minimum absolute atomic E-state index is 0.132. The van der Waals surface area contributed by atoms with Gasteiger partial charge in [0.1, 0.15) is 0 Å². The number of hydrogen-bond acceptors (Lipinski definition) is 1. The largest absolute Gasteiger partial charge is 0.322 e. The lowest BCUT2D eigenvalue weighted by Gasteiger charge is -2.06. The van der Waals surface area contributed by atoms with Crippen LogP contribution in [-0.4, -0.2) is 5.91 Å². The monoisotopic (exact) mass is 323 g/mol. The van der Waals surface area contributed by atoms with E-state index in [1.54, 1.807) is 30.3 Å². The fourth-order valence-electron chi connectivity index (χ4n) is 1.52. The summed E-state index contributed by atoms with van der Waals surface area (Å²) in [7, 11) is 0. The Morgan fingerprint density at radius 2 is 1.83 bits per heavy atom. The lowest BCUT2D eigenvalue weighted by molar-refractivity contribution is 0.102.